The molecule has 1 aromatic rings. The van der Waals surface area contributed by atoms with E-state index in [9.17, 15) is 0 Å². The number of allylic oxidation sites excluding steroid dienone is 2. The van der Waals surface area contributed by atoms with Crippen molar-refractivity contribution in [3.63, 3.8) is 0 Å². The van der Waals surface area contributed by atoms with Crippen LogP contribution in [-0.2, 0) is 0 Å². The highest BCUT2D eigenvalue weighted by Gasteiger charge is 2.09. The molecule has 2 heteroatoms. The third kappa shape index (κ3) is 1.56. The van der Waals surface area contributed by atoms with Crippen LogP contribution in [-0.4, -0.2) is 0 Å². The van der Waals surface area contributed by atoms with Crippen molar-refractivity contribution in [3.05, 3.63) is 29.2 Å². The molecule has 0 aromatic carbocycles. The van der Waals surface area contributed by atoms with Crippen molar-refractivity contribution in [1.29, 1.82) is 0 Å². The fraction of sp³-hybridized carbons (Fsp3) is 0.400. The van der Waals surface area contributed by atoms with E-state index in [1.54, 1.807) is 6.26 Å². The molecule has 64 valence electrons. The standard InChI is InChI=1S/C10H11ClO/c11-9-6-10(12-7-9)8-4-2-1-3-5-8/h4,6-7H,1-3,5H2. The van der Waals surface area contributed by atoms with Gasteiger partial charge in [-0.2, -0.15) is 0 Å². The second-order valence-corrected chi connectivity index (χ2v) is 3.54. The van der Waals surface area contributed by atoms with E-state index in [1.165, 1.54) is 24.8 Å². The molecular weight excluding hydrogens is 172 g/mol. The zero-order valence-electron chi connectivity index (χ0n) is 6.85. The maximum atomic E-state index is 5.76. The Kier molecular flexibility index (Phi) is 2.22. The molecule has 0 unspecified atom stereocenters. The highest BCUT2D eigenvalue weighted by atomic mass is 35.5. The number of halogens is 1. The van der Waals surface area contributed by atoms with Crippen LogP contribution in [0, 0.1) is 0 Å². The first-order chi connectivity index (χ1) is 5.86. The zero-order valence-corrected chi connectivity index (χ0v) is 7.60. The molecule has 0 amide bonds. The van der Waals surface area contributed by atoms with Gasteiger partial charge < -0.3 is 4.42 Å². The first-order valence-electron chi connectivity index (χ1n) is 4.30. The van der Waals surface area contributed by atoms with E-state index in [4.69, 9.17) is 16.0 Å². The van der Waals surface area contributed by atoms with Gasteiger partial charge in [-0.25, -0.2) is 0 Å². The molecule has 0 fully saturated rings. The van der Waals surface area contributed by atoms with Crippen molar-refractivity contribution in [2.24, 2.45) is 0 Å². The first kappa shape index (κ1) is 7.93. The number of hydrogen-bond donors (Lipinski definition) is 0. The molecule has 0 N–H and O–H groups in total. The second kappa shape index (κ2) is 3.36. The Bertz CT molecular complexity index is 299. The molecule has 1 aliphatic rings. The summed E-state index contributed by atoms with van der Waals surface area (Å²) in [7, 11) is 0. The summed E-state index contributed by atoms with van der Waals surface area (Å²) in [5.41, 5.74) is 1.31. The third-order valence-corrected chi connectivity index (χ3v) is 2.37. The van der Waals surface area contributed by atoms with Gasteiger partial charge in [0.15, 0.2) is 0 Å². The summed E-state index contributed by atoms with van der Waals surface area (Å²) in [6.07, 6.45) is 8.71. The van der Waals surface area contributed by atoms with Gasteiger partial charge >= 0.3 is 0 Å². The Labute approximate surface area is 77.0 Å². The maximum absolute atomic E-state index is 5.76. The number of hydrogen-bond acceptors (Lipinski definition) is 1. The van der Waals surface area contributed by atoms with E-state index in [1.807, 2.05) is 6.07 Å². The fourth-order valence-electron chi connectivity index (χ4n) is 1.54. The molecule has 0 saturated heterocycles. The molecular formula is C10H11ClO. The summed E-state index contributed by atoms with van der Waals surface area (Å²) in [6.45, 7) is 0. The lowest BCUT2D eigenvalue weighted by Gasteiger charge is -2.09. The highest BCUT2D eigenvalue weighted by Crippen LogP contribution is 2.28. The Balaban J connectivity index is 2.23. The lowest BCUT2D eigenvalue weighted by molar-refractivity contribution is 0.546. The molecule has 0 saturated carbocycles. The molecule has 2 rings (SSSR count). The van der Waals surface area contributed by atoms with Crippen molar-refractivity contribution in [2.75, 3.05) is 0 Å². The quantitative estimate of drug-likeness (QED) is 0.642. The van der Waals surface area contributed by atoms with Crippen molar-refractivity contribution < 1.29 is 4.42 Å². The van der Waals surface area contributed by atoms with E-state index >= 15 is 0 Å². The zero-order chi connectivity index (χ0) is 8.39. The van der Waals surface area contributed by atoms with Crippen LogP contribution in [0.25, 0.3) is 5.57 Å². The van der Waals surface area contributed by atoms with Crippen LogP contribution in [0.3, 0.4) is 0 Å². The smallest absolute Gasteiger partial charge is 0.131 e. The normalized spacial score (nSPS) is 17.6. The van der Waals surface area contributed by atoms with Crippen LogP contribution >= 0.6 is 11.6 Å². The Morgan fingerprint density at radius 3 is 2.83 bits per heavy atom. The van der Waals surface area contributed by atoms with Gasteiger partial charge in [0, 0.05) is 6.07 Å². The topological polar surface area (TPSA) is 13.1 Å². The van der Waals surface area contributed by atoms with Gasteiger partial charge in [0.25, 0.3) is 0 Å². The molecule has 0 spiro atoms. The first-order valence-corrected chi connectivity index (χ1v) is 4.67. The van der Waals surface area contributed by atoms with Gasteiger partial charge in [0.1, 0.15) is 12.0 Å². The third-order valence-electron chi connectivity index (χ3n) is 2.17. The van der Waals surface area contributed by atoms with Crippen LogP contribution in [0.5, 0.6) is 0 Å². The average molecular weight is 183 g/mol. The van der Waals surface area contributed by atoms with E-state index in [0.29, 0.717) is 5.02 Å². The van der Waals surface area contributed by atoms with Crippen LogP contribution in [0.1, 0.15) is 31.4 Å². The number of rotatable bonds is 1. The van der Waals surface area contributed by atoms with E-state index in [0.717, 1.165) is 12.2 Å². The molecule has 12 heavy (non-hydrogen) atoms. The van der Waals surface area contributed by atoms with Crippen molar-refractivity contribution in [2.45, 2.75) is 25.7 Å². The summed E-state index contributed by atoms with van der Waals surface area (Å²) in [5, 5.41) is 0.691. The van der Waals surface area contributed by atoms with Gasteiger partial charge in [0.2, 0.25) is 0 Å². The summed E-state index contributed by atoms with van der Waals surface area (Å²) < 4.78 is 5.30. The lowest BCUT2D eigenvalue weighted by Crippen LogP contribution is -1.89. The molecule has 1 aliphatic carbocycles. The fourth-order valence-corrected chi connectivity index (χ4v) is 1.69. The summed E-state index contributed by atoms with van der Waals surface area (Å²) in [5.74, 6) is 0.944. The largest absolute Gasteiger partial charge is 0.463 e. The van der Waals surface area contributed by atoms with Gasteiger partial charge in [-0.05, 0) is 31.3 Å². The maximum Gasteiger partial charge on any atom is 0.131 e. The number of furan rings is 1. The Hall–Kier alpha value is -0.690. The van der Waals surface area contributed by atoms with Crippen LogP contribution in [0.15, 0.2) is 22.8 Å². The Morgan fingerprint density at radius 1 is 1.33 bits per heavy atom. The van der Waals surface area contributed by atoms with E-state index in [2.05, 4.69) is 6.08 Å². The minimum Gasteiger partial charge on any atom is -0.463 e. The lowest BCUT2D eigenvalue weighted by atomic mass is 9.98. The van der Waals surface area contributed by atoms with Gasteiger partial charge in [-0.15, -0.1) is 0 Å². The molecule has 1 heterocycles. The van der Waals surface area contributed by atoms with Crippen LogP contribution < -0.4 is 0 Å². The SMILES string of the molecule is Clc1coc(C2=CCCCC2)c1. The van der Waals surface area contributed by atoms with Crippen LogP contribution in [0.2, 0.25) is 5.02 Å². The summed E-state index contributed by atoms with van der Waals surface area (Å²) in [6, 6.07) is 1.89. The van der Waals surface area contributed by atoms with Gasteiger partial charge in [0.05, 0.1) is 5.02 Å². The van der Waals surface area contributed by atoms with Crippen molar-refractivity contribution in [1.82, 2.24) is 0 Å². The van der Waals surface area contributed by atoms with Crippen LogP contribution in [0.4, 0.5) is 0 Å². The average Bonchev–Trinajstić information content (AvgIpc) is 2.54. The van der Waals surface area contributed by atoms with Crippen molar-refractivity contribution >= 4 is 17.2 Å². The second-order valence-electron chi connectivity index (χ2n) is 3.10. The predicted molar refractivity (Wildman–Crippen MR) is 50.2 cm³/mol. The minimum atomic E-state index is 0.691. The molecule has 0 radical (unpaired) electrons. The molecule has 0 aliphatic heterocycles. The van der Waals surface area contributed by atoms with Gasteiger partial charge in [-0.3, -0.25) is 0 Å². The van der Waals surface area contributed by atoms with E-state index in [-0.39, 0.29) is 0 Å². The molecule has 0 bridgehead atoms. The summed E-state index contributed by atoms with van der Waals surface area (Å²) in [4.78, 5) is 0. The highest BCUT2D eigenvalue weighted by molar-refractivity contribution is 6.30. The summed E-state index contributed by atoms with van der Waals surface area (Å²) >= 11 is 5.76. The molecule has 1 nitrogen and oxygen atoms in total. The monoisotopic (exact) mass is 182 g/mol. The minimum absolute atomic E-state index is 0.691. The molecule has 1 aromatic heterocycles. The predicted octanol–water partition coefficient (Wildman–Crippen LogP) is 3.89. The van der Waals surface area contributed by atoms with E-state index < -0.39 is 0 Å². The molecule has 0 atom stereocenters. The Morgan fingerprint density at radius 2 is 2.25 bits per heavy atom. The van der Waals surface area contributed by atoms with Gasteiger partial charge in [-0.1, -0.05) is 17.7 Å². The van der Waals surface area contributed by atoms with Crippen molar-refractivity contribution in [3.8, 4) is 0 Å².